The molecule has 3 N–H and O–H groups in total. The Morgan fingerprint density at radius 3 is 2.09 bits per heavy atom. The number of ether oxygens (including phenoxy) is 1. The van der Waals surface area contributed by atoms with Gasteiger partial charge in [0.15, 0.2) is 0 Å². The van der Waals surface area contributed by atoms with Gasteiger partial charge in [-0.15, -0.1) is 0 Å². The van der Waals surface area contributed by atoms with Crippen LogP contribution in [0.4, 0.5) is 11.4 Å². The molecule has 3 rings (SSSR count). The standard InChI is InChI=1S/C23H22ClN3O5S/c1-2-32-20-11-9-18(10-12-20)26-22(28)15-25-23(29)16-3-13-21(14-4-16)33(30,31)27-19-7-5-17(24)6-8-19/h3-14,27H,2,15H2,1H3,(H,25,29)(H,26,28). The first-order chi connectivity index (χ1) is 15.8. The van der Waals surface area contributed by atoms with Gasteiger partial charge in [0.1, 0.15) is 5.75 Å². The summed E-state index contributed by atoms with van der Waals surface area (Å²) < 4.78 is 32.8. The summed E-state index contributed by atoms with van der Waals surface area (Å²) in [6, 6.07) is 18.4. The molecule has 2 amide bonds. The summed E-state index contributed by atoms with van der Waals surface area (Å²) in [6.07, 6.45) is 0. The van der Waals surface area contributed by atoms with Crippen LogP contribution in [0.5, 0.6) is 5.75 Å². The minimum atomic E-state index is -3.83. The number of halogens is 1. The summed E-state index contributed by atoms with van der Waals surface area (Å²) in [6.45, 7) is 2.18. The van der Waals surface area contributed by atoms with Crippen LogP contribution in [0.2, 0.25) is 5.02 Å². The molecule has 0 bridgehead atoms. The van der Waals surface area contributed by atoms with Crippen molar-refractivity contribution in [3.05, 3.63) is 83.4 Å². The minimum Gasteiger partial charge on any atom is -0.494 e. The van der Waals surface area contributed by atoms with Crippen LogP contribution in [-0.2, 0) is 14.8 Å². The Kier molecular flexibility index (Phi) is 7.92. The molecule has 0 aromatic heterocycles. The SMILES string of the molecule is CCOc1ccc(NC(=O)CNC(=O)c2ccc(S(=O)(=O)Nc3ccc(Cl)cc3)cc2)cc1. The normalized spacial score (nSPS) is 10.8. The molecular formula is C23H22ClN3O5S. The zero-order chi connectivity index (χ0) is 23.8. The number of carbonyl (C=O) groups excluding carboxylic acids is 2. The molecule has 8 nitrogen and oxygen atoms in total. The quantitative estimate of drug-likeness (QED) is 0.423. The van der Waals surface area contributed by atoms with Crippen molar-refractivity contribution in [2.45, 2.75) is 11.8 Å². The minimum absolute atomic E-state index is 0.0118. The summed E-state index contributed by atoms with van der Waals surface area (Å²) in [5, 5.41) is 5.66. The predicted molar refractivity (Wildman–Crippen MR) is 127 cm³/mol. The highest BCUT2D eigenvalue weighted by Crippen LogP contribution is 2.19. The van der Waals surface area contributed by atoms with Gasteiger partial charge in [-0.2, -0.15) is 0 Å². The van der Waals surface area contributed by atoms with E-state index in [1.165, 1.54) is 24.3 Å². The molecule has 172 valence electrons. The molecule has 0 saturated heterocycles. The van der Waals surface area contributed by atoms with Crippen molar-refractivity contribution in [3.8, 4) is 5.75 Å². The summed E-state index contributed by atoms with van der Waals surface area (Å²) in [5.41, 5.74) is 1.15. The highest BCUT2D eigenvalue weighted by atomic mass is 35.5. The van der Waals surface area contributed by atoms with E-state index in [2.05, 4.69) is 15.4 Å². The average molecular weight is 488 g/mol. The first-order valence-electron chi connectivity index (χ1n) is 9.96. The summed E-state index contributed by atoms with van der Waals surface area (Å²) in [5.74, 6) is -0.219. The third kappa shape index (κ3) is 6.96. The van der Waals surface area contributed by atoms with E-state index < -0.39 is 21.8 Å². The van der Waals surface area contributed by atoms with E-state index in [1.54, 1.807) is 48.5 Å². The van der Waals surface area contributed by atoms with Gasteiger partial charge in [0, 0.05) is 22.0 Å². The second-order valence-corrected chi connectivity index (χ2v) is 8.94. The van der Waals surface area contributed by atoms with Crippen LogP contribution in [0.15, 0.2) is 77.7 Å². The van der Waals surface area contributed by atoms with E-state index in [0.29, 0.717) is 28.8 Å². The van der Waals surface area contributed by atoms with E-state index in [0.717, 1.165) is 0 Å². The molecule has 0 aliphatic heterocycles. The molecule has 10 heteroatoms. The van der Waals surface area contributed by atoms with E-state index in [-0.39, 0.29) is 17.0 Å². The van der Waals surface area contributed by atoms with Crippen molar-refractivity contribution >= 4 is 44.8 Å². The van der Waals surface area contributed by atoms with Gasteiger partial charge in [0.05, 0.1) is 18.0 Å². The van der Waals surface area contributed by atoms with Gasteiger partial charge >= 0.3 is 0 Å². The monoisotopic (exact) mass is 487 g/mol. The van der Waals surface area contributed by atoms with Crippen molar-refractivity contribution in [1.82, 2.24) is 5.32 Å². The Morgan fingerprint density at radius 2 is 1.48 bits per heavy atom. The lowest BCUT2D eigenvalue weighted by Gasteiger charge is -2.10. The van der Waals surface area contributed by atoms with Gasteiger partial charge in [-0.1, -0.05) is 11.6 Å². The van der Waals surface area contributed by atoms with Crippen LogP contribution in [0.25, 0.3) is 0 Å². The fourth-order valence-corrected chi connectivity index (χ4v) is 3.97. The Balaban J connectivity index is 1.54. The highest BCUT2D eigenvalue weighted by Gasteiger charge is 2.16. The molecule has 3 aromatic rings. The van der Waals surface area contributed by atoms with Crippen LogP contribution in [0.3, 0.4) is 0 Å². The Labute approximate surface area is 197 Å². The van der Waals surface area contributed by atoms with Gasteiger partial charge in [-0.3, -0.25) is 14.3 Å². The van der Waals surface area contributed by atoms with E-state index in [9.17, 15) is 18.0 Å². The first kappa shape index (κ1) is 24.1. The number of anilines is 2. The van der Waals surface area contributed by atoms with Crippen molar-refractivity contribution < 1.29 is 22.7 Å². The third-order valence-electron chi connectivity index (χ3n) is 4.38. The second-order valence-electron chi connectivity index (χ2n) is 6.83. The topological polar surface area (TPSA) is 114 Å². The Bertz CT molecular complexity index is 1210. The number of rotatable bonds is 9. The van der Waals surface area contributed by atoms with Crippen molar-refractivity contribution in [1.29, 1.82) is 0 Å². The summed E-state index contributed by atoms with van der Waals surface area (Å²) >= 11 is 5.80. The molecule has 0 saturated carbocycles. The van der Waals surface area contributed by atoms with Gasteiger partial charge < -0.3 is 15.4 Å². The lowest BCUT2D eigenvalue weighted by molar-refractivity contribution is -0.115. The summed E-state index contributed by atoms with van der Waals surface area (Å²) in [7, 11) is -3.83. The lowest BCUT2D eigenvalue weighted by Crippen LogP contribution is -2.32. The van der Waals surface area contributed by atoms with Crippen LogP contribution in [-0.4, -0.2) is 33.4 Å². The number of benzene rings is 3. The van der Waals surface area contributed by atoms with Gasteiger partial charge in [-0.05, 0) is 79.7 Å². The van der Waals surface area contributed by atoms with E-state index in [4.69, 9.17) is 16.3 Å². The number of sulfonamides is 1. The smallest absolute Gasteiger partial charge is 0.261 e. The third-order valence-corrected chi connectivity index (χ3v) is 6.03. The maximum Gasteiger partial charge on any atom is 0.261 e. The Hall–Kier alpha value is -3.56. The number of amides is 2. The van der Waals surface area contributed by atoms with Gasteiger partial charge in [0.25, 0.3) is 15.9 Å². The molecule has 0 atom stereocenters. The fourth-order valence-electron chi connectivity index (χ4n) is 2.79. The first-order valence-corrected chi connectivity index (χ1v) is 11.8. The maximum absolute atomic E-state index is 12.5. The zero-order valence-electron chi connectivity index (χ0n) is 17.7. The fraction of sp³-hybridized carbons (Fsp3) is 0.130. The van der Waals surface area contributed by atoms with Gasteiger partial charge in [-0.25, -0.2) is 8.42 Å². The molecule has 0 fully saturated rings. The molecule has 33 heavy (non-hydrogen) atoms. The molecule has 0 aliphatic rings. The van der Waals surface area contributed by atoms with Crippen LogP contribution < -0.4 is 20.1 Å². The largest absolute Gasteiger partial charge is 0.494 e. The zero-order valence-corrected chi connectivity index (χ0v) is 19.2. The predicted octanol–water partition coefficient (Wildman–Crippen LogP) is 3.91. The van der Waals surface area contributed by atoms with Crippen LogP contribution in [0.1, 0.15) is 17.3 Å². The maximum atomic E-state index is 12.5. The highest BCUT2D eigenvalue weighted by molar-refractivity contribution is 7.92. The van der Waals surface area contributed by atoms with Crippen LogP contribution in [0, 0.1) is 0 Å². The van der Waals surface area contributed by atoms with Crippen molar-refractivity contribution in [3.63, 3.8) is 0 Å². The number of nitrogens with one attached hydrogen (secondary N) is 3. The molecular weight excluding hydrogens is 466 g/mol. The van der Waals surface area contributed by atoms with Crippen molar-refractivity contribution in [2.75, 3.05) is 23.2 Å². The second kappa shape index (κ2) is 10.8. The number of hydrogen-bond donors (Lipinski definition) is 3. The lowest BCUT2D eigenvalue weighted by atomic mass is 10.2. The molecule has 0 unspecified atom stereocenters. The molecule has 0 radical (unpaired) electrons. The molecule has 3 aromatic carbocycles. The van der Waals surface area contributed by atoms with E-state index >= 15 is 0 Å². The molecule has 0 heterocycles. The van der Waals surface area contributed by atoms with Crippen molar-refractivity contribution in [2.24, 2.45) is 0 Å². The van der Waals surface area contributed by atoms with Crippen LogP contribution >= 0.6 is 11.6 Å². The average Bonchev–Trinajstić information content (AvgIpc) is 2.80. The number of carbonyl (C=O) groups is 2. The molecule has 0 aliphatic carbocycles. The van der Waals surface area contributed by atoms with Gasteiger partial charge in [0.2, 0.25) is 5.91 Å². The Morgan fingerprint density at radius 1 is 0.879 bits per heavy atom. The summed E-state index contributed by atoms with van der Waals surface area (Å²) in [4.78, 5) is 24.4. The van der Waals surface area contributed by atoms with E-state index in [1.807, 2.05) is 6.92 Å². The molecule has 0 spiro atoms. The number of hydrogen-bond acceptors (Lipinski definition) is 5.